The van der Waals surface area contributed by atoms with Crippen molar-refractivity contribution in [1.29, 1.82) is 0 Å². The molecule has 2 aromatic carbocycles. The monoisotopic (exact) mass is 388 g/mol. The molecule has 8 heteroatoms. The summed E-state index contributed by atoms with van der Waals surface area (Å²) in [6.07, 6.45) is 0. The Kier molecular flexibility index (Phi) is 5.46. The average molecular weight is 388 g/mol. The molecule has 0 unspecified atom stereocenters. The molecule has 0 radical (unpaired) electrons. The smallest absolute Gasteiger partial charge is 0.240 e. The van der Waals surface area contributed by atoms with E-state index in [-0.39, 0.29) is 12.5 Å². The van der Waals surface area contributed by atoms with Crippen LogP contribution in [0.2, 0.25) is 0 Å². The molecular formula is C19H18F2N4OS. The fourth-order valence-corrected chi connectivity index (χ4v) is 2.96. The Morgan fingerprint density at radius 1 is 1.26 bits per heavy atom. The van der Waals surface area contributed by atoms with Gasteiger partial charge in [0.05, 0.1) is 6.04 Å². The van der Waals surface area contributed by atoms with Crippen molar-refractivity contribution < 1.29 is 13.6 Å². The van der Waals surface area contributed by atoms with Gasteiger partial charge in [0, 0.05) is 5.56 Å². The van der Waals surface area contributed by atoms with Crippen LogP contribution < -0.4 is 5.32 Å². The number of carbonyl (C=O) groups excluding carboxylic acids is 1. The number of amides is 1. The van der Waals surface area contributed by atoms with Gasteiger partial charge >= 0.3 is 0 Å². The summed E-state index contributed by atoms with van der Waals surface area (Å²) in [5.41, 5.74) is 2.37. The summed E-state index contributed by atoms with van der Waals surface area (Å²) in [5, 5.41) is 9.68. The van der Waals surface area contributed by atoms with Crippen LogP contribution >= 0.6 is 12.2 Å². The second-order valence-corrected chi connectivity index (χ2v) is 6.66. The van der Waals surface area contributed by atoms with E-state index in [0.29, 0.717) is 16.2 Å². The van der Waals surface area contributed by atoms with Crippen LogP contribution in [-0.2, 0) is 11.3 Å². The number of aromatic amines is 1. The highest BCUT2D eigenvalue weighted by Gasteiger charge is 2.16. The highest BCUT2D eigenvalue weighted by molar-refractivity contribution is 7.71. The summed E-state index contributed by atoms with van der Waals surface area (Å²) in [6, 6.07) is 10.8. The first-order valence-corrected chi connectivity index (χ1v) is 8.72. The minimum Gasteiger partial charge on any atom is -0.348 e. The van der Waals surface area contributed by atoms with Gasteiger partial charge in [-0.1, -0.05) is 29.8 Å². The first-order chi connectivity index (χ1) is 12.8. The molecule has 1 amide bonds. The van der Waals surface area contributed by atoms with Crippen LogP contribution in [0.3, 0.4) is 0 Å². The molecule has 3 aromatic rings. The zero-order valence-electron chi connectivity index (χ0n) is 14.8. The van der Waals surface area contributed by atoms with Crippen molar-refractivity contribution in [2.24, 2.45) is 0 Å². The summed E-state index contributed by atoms with van der Waals surface area (Å²) in [7, 11) is 0. The van der Waals surface area contributed by atoms with Crippen molar-refractivity contribution in [3.8, 4) is 11.4 Å². The largest absolute Gasteiger partial charge is 0.348 e. The van der Waals surface area contributed by atoms with Gasteiger partial charge in [-0.2, -0.15) is 5.10 Å². The number of benzene rings is 2. The molecule has 0 spiro atoms. The van der Waals surface area contributed by atoms with Crippen LogP contribution in [0.4, 0.5) is 8.78 Å². The van der Waals surface area contributed by atoms with Gasteiger partial charge in [0.1, 0.15) is 6.54 Å². The van der Waals surface area contributed by atoms with E-state index >= 15 is 0 Å². The number of hydrogen-bond donors (Lipinski definition) is 2. The summed E-state index contributed by atoms with van der Waals surface area (Å²) < 4.78 is 28.4. The van der Waals surface area contributed by atoms with Crippen molar-refractivity contribution in [2.45, 2.75) is 26.4 Å². The van der Waals surface area contributed by atoms with Crippen molar-refractivity contribution in [3.63, 3.8) is 0 Å². The fraction of sp³-hybridized carbons (Fsp3) is 0.211. The number of nitrogens with one attached hydrogen (secondary N) is 2. The van der Waals surface area contributed by atoms with Crippen LogP contribution in [0, 0.1) is 23.3 Å². The zero-order valence-corrected chi connectivity index (χ0v) is 15.6. The molecule has 0 bridgehead atoms. The van der Waals surface area contributed by atoms with Gasteiger partial charge in [-0.15, -0.1) is 0 Å². The van der Waals surface area contributed by atoms with Gasteiger partial charge in [0.25, 0.3) is 0 Å². The molecule has 0 aliphatic carbocycles. The van der Waals surface area contributed by atoms with Crippen LogP contribution in [0.5, 0.6) is 0 Å². The molecule has 0 fully saturated rings. The molecule has 0 saturated heterocycles. The zero-order chi connectivity index (χ0) is 19.6. The number of carbonyl (C=O) groups is 1. The molecule has 2 N–H and O–H groups in total. The summed E-state index contributed by atoms with van der Waals surface area (Å²) >= 11 is 5.24. The van der Waals surface area contributed by atoms with E-state index in [1.807, 2.05) is 31.2 Å². The average Bonchev–Trinajstić information content (AvgIpc) is 2.98. The number of nitrogens with zero attached hydrogens (tertiary/aromatic N) is 2. The summed E-state index contributed by atoms with van der Waals surface area (Å²) in [4.78, 5) is 12.5. The van der Waals surface area contributed by atoms with Gasteiger partial charge in [-0.05, 0) is 49.8 Å². The number of rotatable bonds is 5. The van der Waals surface area contributed by atoms with Gasteiger partial charge in [0.15, 0.2) is 22.2 Å². The van der Waals surface area contributed by atoms with E-state index in [0.717, 1.165) is 23.3 Å². The minimum absolute atomic E-state index is 0.0490. The van der Waals surface area contributed by atoms with E-state index in [2.05, 4.69) is 15.5 Å². The lowest BCUT2D eigenvalue weighted by Crippen LogP contribution is -2.30. The molecule has 27 heavy (non-hydrogen) atoms. The van der Waals surface area contributed by atoms with Crippen molar-refractivity contribution in [2.75, 3.05) is 0 Å². The Bertz CT molecular complexity index is 1040. The topological polar surface area (TPSA) is 62.7 Å². The van der Waals surface area contributed by atoms with Crippen molar-refractivity contribution in [1.82, 2.24) is 20.1 Å². The molecule has 140 valence electrons. The van der Waals surface area contributed by atoms with Crippen molar-refractivity contribution >= 4 is 18.1 Å². The van der Waals surface area contributed by atoms with Crippen LogP contribution in [0.25, 0.3) is 11.4 Å². The molecule has 1 atom stereocenters. The van der Waals surface area contributed by atoms with E-state index < -0.39 is 17.7 Å². The summed E-state index contributed by atoms with van der Waals surface area (Å²) in [5.74, 6) is -1.64. The lowest BCUT2D eigenvalue weighted by Gasteiger charge is -2.15. The van der Waals surface area contributed by atoms with Crippen LogP contribution in [0.1, 0.15) is 24.1 Å². The molecular weight excluding hydrogens is 370 g/mol. The molecule has 5 nitrogen and oxygen atoms in total. The number of aryl methyl sites for hydroxylation is 1. The highest BCUT2D eigenvalue weighted by Crippen LogP contribution is 2.19. The highest BCUT2D eigenvalue weighted by atomic mass is 32.1. The molecule has 0 saturated carbocycles. The number of hydrogen-bond acceptors (Lipinski definition) is 3. The summed E-state index contributed by atoms with van der Waals surface area (Å²) in [6.45, 7) is 3.61. The standard InChI is InChI=1S/C19H18F2N4OS/c1-11-4-3-5-14(8-11)18-23-24-19(27)25(18)10-17(26)22-12(2)13-6-7-15(20)16(21)9-13/h3-9,12H,10H2,1-2H3,(H,22,26)(H,24,27)/t12-/m0/s1. The van der Waals surface area contributed by atoms with Crippen LogP contribution in [-0.4, -0.2) is 20.7 Å². The molecule has 3 rings (SSSR count). The van der Waals surface area contributed by atoms with Crippen molar-refractivity contribution in [3.05, 3.63) is 70.0 Å². The van der Waals surface area contributed by atoms with E-state index in [1.165, 1.54) is 6.07 Å². The number of aromatic nitrogens is 3. The quantitative estimate of drug-likeness (QED) is 0.648. The van der Waals surface area contributed by atoms with Gasteiger partial charge in [0.2, 0.25) is 5.91 Å². The maximum Gasteiger partial charge on any atom is 0.240 e. The maximum absolute atomic E-state index is 13.4. The van der Waals surface area contributed by atoms with E-state index in [1.54, 1.807) is 11.5 Å². The van der Waals surface area contributed by atoms with Gasteiger partial charge < -0.3 is 5.32 Å². The Labute approximate surface area is 160 Å². The first-order valence-electron chi connectivity index (χ1n) is 8.31. The molecule has 0 aliphatic rings. The Morgan fingerprint density at radius 3 is 2.74 bits per heavy atom. The molecule has 1 aromatic heterocycles. The van der Waals surface area contributed by atoms with E-state index in [4.69, 9.17) is 12.2 Å². The lowest BCUT2D eigenvalue weighted by molar-refractivity contribution is -0.122. The normalized spacial score (nSPS) is 12.0. The van der Waals surface area contributed by atoms with Gasteiger partial charge in [-0.25, -0.2) is 8.78 Å². The third-order valence-corrected chi connectivity index (χ3v) is 4.47. The van der Waals surface area contributed by atoms with Crippen LogP contribution in [0.15, 0.2) is 42.5 Å². The molecule has 1 heterocycles. The Balaban J connectivity index is 1.77. The number of halogens is 2. The predicted octanol–water partition coefficient (Wildman–Crippen LogP) is 4.07. The minimum atomic E-state index is -0.951. The van der Waals surface area contributed by atoms with E-state index in [9.17, 15) is 13.6 Å². The van der Waals surface area contributed by atoms with Gasteiger partial charge in [-0.3, -0.25) is 14.5 Å². The Hall–Kier alpha value is -2.87. The fourth-order valence-electron chi connectivity index (χ4n) is 2.76. The first kappa shape index (κ1) is 18.9. The SMILES string of the molecule is Cc1cccc(-c2n[nH]c(=S)n2CC(=O)N[C@@H](C)c2ccc(F)c(F)c2)c1. The second kappa shape index (κ2) is 7.79. The maximum atomic E-state index is 13.4. The lowest BCUT2D eigenvalue weighted by atomic mass is 10.1. The molecule has 0 aliphatic heterocycles. The Morgan fingerprint density at radius 2 is 2.04 bits per heavy atom. The predicted molar refractivity (Wildman–Crippen MR) is 101 cm³/mol. The number of H-pyrrole nitrogens is 1. The third kappa shape index (κ3) is 4.28. The third-order valence-electron chi connectivity index (χ3n) is 4.16. The second-order valence-electron chi connectivity index (χ2n) is 6.27.